The van der Waals surface area contributed by atoms with Crippen LogP contribution < -0.4 is 31.9 Å². The number of nitrogens with one attached hydrogen (secondary N) is 6. The lowest BCUT2D eigenvalue weighted by Crippen LogP contribution is -2.63. The van der Waals surface area contributed by atoms with Crippen LogP contribution >= 0.6 is 0 Å². The number of aliphatic hydroxyl groups excluding tert-OH is 1. The third kappa shape index (κ3) is 12.2. The predicted octanol–water partition coefficient (Wildman–Crippen LogP) is -1.35. The van der Waals surface area contributed by atoms with E-state index in [9.17, 15) is 48.9 Å². The average molecular weight is 732 g/mol. The molecule has 17 heteroatoms. The van der Waals surface area contributed by atoms with E-state index < -0.39 is 95.7 Å². The molecule has 0 bridgehead atoms. The van der Waals surface area contributed by atoms with E-state index in [1.54, 1.807) is 51.7 Å². The molecule has 2 saturated heterocycles. The SMILES string of the molecule is CC(C)C[C@@H]1NC(=O)[C@H](Cc2ccc(O)cc2)NC(=O)[C@@H]2CCCN2[C@@H](C(=O)NC(C)(C)C)CNC(=O)[C@H]([C@@H](C)O)NC(=O)[C@H](CC(=O)O)NC1=O. The molecule has 2 heterocycles. The molecule has 3 rings (SSSR count). The second kappa shape index (κ2) is 18.1. The minimum atomic E-state index is -1.72. The normalized spacial score (nSPS) is 26.4. The highest BCUT2D eigenvalue weighted by Gasteiger charge is 2.42. The van der Waals surface area contributed by atoms with Crippen molar-refractivity contribution in [3.8, 4) is 5.75 Å². The lowest BCUT2D eigenvalue weighted by molar-refractivity contribution is -0.142. The molecule has 6 amide bonds. The van der Waals surface area contributed by atoms with E-state index in [1.807, 2.05) is 0 Å². The number of aliphatic carboxylic acids is 1. The highest BCUT2D eigenvalue weighted by atomic mass is 16.4. The number of fused-ring (bicyclic) bond motifs is 1. The van der Waals surface area contributed by atoms with Gasteiger partial charge in [-0.15, -0.1) is 0 Å². The first-order chi connectivity index (χ1) is 24.2. The summed E-state index contributed by atoms with van der Waals surface area (Å²) in [5.41, 5.74) is -0.117. The predicted molar refractivity (Wildman–Crippen MR) is 187 cm³/mol. The van der Waals surface area contributed by atoms with E-state index in [1.165, 1.54) is 19.1 Å². The quantitative estimate of drug-likeness (QED) is 0.151. The summed E-state index contributed by atoms with van der Waals surface area (Å²) in [6.45, 7) is 10.1. The molecule has 0 aromatic heterocycles. The van der Waals surface area contributed by atoms with Crippen LogP contribution in [0.15, 0.2) is 24.3 Å². The molecule has 0 unspecified atom stereocenters. The van der Waals surface area contributed by atoms with Gasteiger partial charge in [-0.05, 0) is 77.1 Å². The van der Waals surface area contributed by atoms with Crippen molar-refractivity contribution < 1.29 is 48.9 Å². The van der Waals surface area contributed by atoms with E-state index in [0.717, 1.165) is 0 Å². The number of phenolic OH excluding ortho intramolecular Hbond substituents is 1. The van der Waals surface area contributed by atoms with Crippen LogP contribution in [0.3, 0.4) is 0 Å². The summed E-state index contributed by atoms with van der Waals surface area (Å²) >= 11 is 0. The highest BCUT2D eigenvalue weighted by molar-refractivity contribution is 5.97. The fourth-order valence-corrected chi connectivity index (χ4v) is 6.20. The summed E-state index contributed by atoms with van der Waals surface area (Å²) in [4.78, 5) is 95.7. The van der Waals surface area contributed by atoms with Gasteiger partial charge in [0.25, 0.3) is 0 Å². The van der Waals surface area contributed by atoms with Crippen LogP contribution in [0.5, 0.6) is 5.75 Å². The molecular weight excluding hydrogens is 678 g/mol. The number of nitrogens with zero attached hydrogens (tertiary/aromatic N) is 1. The highest BCUT2D eigenvalue weighted by Crippen LogP contribution is 2.22. The van der Waals surface area contributed by atoms with Crippen molar-refractivity contribution in [1.82, 2.24) is 36.8 Å². The van der Waals surface area contributed by atoms with Gasteiger partial charge in [0, 0.05) is 18.5 Å². The third-order valence-corrected chi connectivity index (χ3v) is 8.69. The first-order valence-electron chi connectivity index (χ1n) is 17.5. The molecule has 0 saturated carbocycles. The minimum absolute atomic E-state index is 0.0106. The van der Waals surface area contributed by atoms with Crippen molar-refractivity contribution in [2.24, 2.45) is 5.92 Å². The van der Waals surface area contributed by atoms with Gasteiger partial charge in [-0.1, -0.05) is 26.0 Å². The average Bonchev–Trinajstić information content (AvgIpc) is 3.51. The Labute approximate surface area is 303 Å². The number of hydrogen-bond acceptors (Lipinski definition) is 10. The molecule has 2 fully saturated rings. The van der Waals surface area contributed by atoms with Gasteiger partial charge >= 0.3 is 5.97 Å². The Hall–Kier alpha value is -4.77. The second-order valence-electron chi connectivity index (χ2n) is 14.9. The van der Waals surface area contributed by atoms with Crippen molar-refractivity contribution in [3.63, 3.8) is 0 Å². The van der Waals surface area contributed by atoms with Gasteiger partial charge in [-0.25, -0.2) is 0 Å². The summed E-state index contributed by atoms with van der Waals surface area (Å²) in [5.74, 6) is -6.29. The molecule has 0 aliphatic carbocycles. The molecule has 1 aromatic carbocycles. The number of rotatable bonds is 8. The maximum atomic E-state index is 14.0. The Bertz CT molecular complexity index is 1480. The van der Waals surface area contributed by atoms with Crippen LogP contribution in [-0.2, 0) is 40.0 Å². The minimum Gasteiger partial charge on any atom is -0.508 e. The number of carbonyl (C=O) groups excluding carboxylic acids is 6. The van der Waals surface area contributed by atoms with Crippen LogP contribution in [0.2, 0.25) is 0 Å². The summed E-state index contributed by atoms with van der Waals surface area (Å²) in [5, 5.41) is 45.5. The maximum Gasteiger partial charge on any atom is 0.305 e. The largest absolute Gasteiger partial charge is 0.508 e. The molecule has 288 valence electrons. The van der Waals surface area contributed by atoms with Gasteiger partial charge < -0.3 is 47.2 Å². The summed E-state index contributed by atoms with van der Waals surface area (Å²) in [6.07, 6.45) is -1.52. The fourth-order valence-electron chi connectivity index (χ4n) is 6.20. The molecular formula is C35H53N7O10. The molecule has 1 aromatic rings. The zero-order valence-corrected chi connectivity index (χ0v) is 30.5. The summed E-state index contributed by atoms with van der Waals surface area (Å²) in [7, 11) is 0. The molecule has 7 atom stereocenters. The Kier molecular flexibility index (Phi) is 14.5. The van der Waals surface area contributed by atoms with Crippen molar-refractivity contribution >= 4 is 41.4 Å². The zero-order chi connectivity index (χ0) is 38.9. The van der Waals surface area contributed by atoms with Crippen molar-refractivity contribution in [1.29, 1.82) is 0 Å². The molecule has 0 spiro atoms. The van der Waals surface area contributed by atoms with Crippen LogP contribution in [0.4, 0.5) is 0 Å². The van der Waals surface area contributed by atoms with Gasteiger partial charge in [0.15, 0.2) is 0 Å². The van der Waals surface area contributed by atoms with Gasteiger partial charge in [0.1, 0.15) is 36.0 Å². The van der Waals surface area contributed by atoms with Crippen molar-refractivity contribution in [3.05, 3.63) is 29.8 Å². The van der Waals surface area contributed by atoms with E-state index in [2.05, 4.69) is 31.9 Å². The molecule has 52 heavy (non-hydrogen) atoms. The number of benzene rings is 1. The number of aliphatic hydroxyl groups is 1. The molecule has 17 nitrogen and oxygen atoms in total. The third-order valence-electron chi connectivity index (χ3n) is 8.69. The first-order valence-corrected chi connectivity index (χ1v) is 17.5. The van der Waals surface area contributed by atoms with E-state index in [0.29, 0.717) is 18.4 Å². The van der Waals surface area contributed by atoms with Crippen LogP contribution in [0.25, 0.3) is 0 Å². The first kappa shape index (κ1) is 41.6. The molecule has 2 aliphatic heterocycles. The Balaban J connectivity index is 2.12. The van der Waals surface area contributed by atoms with E-state index in [-0.39, 0.29) is 37.6 Å². The number of carboxylic acid groups (broad SMARTS) is 1. The fraction of sp³-hybridized carbons (Fsp3) is 0.629. The molecule has 9 N–H and O–H groups in total. The maximum absolute atomic E-state index is 14.0. The number of carbonyl (C=O) groups is 7. The number of hydrogen-bond donors (Lipinski definition) is 9. The van der Waals surface area contributed by atoms with Crippen LogP contribution in [0.1, 0.15) is 72.8 Å². The second-order valence-corrected chi connectivity index (χ2v) is 14.9. The molecule has 2 aliphatic rings. The van der Waals surface area contributed by atoms with Crippen LogP contribution in [-0.4, -0.2) is 123 Å². The van der Waals surface area contributed by atoms with Gasteiger partial charge in [-0.3, -0.25) is 38.5 Å². The van der Waals surface area contributed by atoms with Crippen molar-refractivity contribution in [2.75, 3.05) is 13.1 Å². The smallest absolute Gasteiger partial charge is 0.305 e. The van der Waals surface area contributed by atoms with Gasteiger partial charge in [-0.2, -0.15) is 0 Å². The number of phenols is 1. The lowest BCUT2D eigenvalue weighted by atomic mass is 10.00. The number of aromatic hydroxyl groups is 1. The number of carboxylic acids is 1. The van der Waals surface area contributed by atoms with Crippen molar-refractivity contribution in [2.45, 2.75) is 122 Å². The molecule has 0 radical (unpaired) electrons. The summed E-state index contributed by atoms with van der Waals surface area (Å²) in [6, 6.07) is -1.85. The zero-order valence-electron chi connectivity index (χ0n) is 30.5. The lowest BCUT2D eigenvalue weighted by Gasteiger charge is -2.35. The van der Waals surface area contributed by atoms with E-state index in [4.69, 9.17) is 0 Å². The monoisotopic (exact) mass is 731 g/mol. The number of amides is 6. The summed E-state index contributed by atoms with van der Waals surface area (Å²) < 4.78 is 0. The Morgan fingerprint density at radius 2 is 1.44 bits per heavy atom. The van der Waals surface area contributed by atoms with E-state index >= 15 is 0 Å². The Morgan fingerprint density at radius 3 is 2.02 bits per heavy atom. The van der Waals surface area contributed by atoms with Gasteiger partial charge in [0.05, 0.1) is 18.6 Å². The standard InChI is InChI=1S/C35H53N7O10/c1-18(2)14-22-29(47)38-24(16-27(45)46)31(49)40-28(19(3)43)34(52)36-17-26(33(51)41-35(4,5)6)42-13-7-8-25(42)32(50)39-23(30(48)37-22)15-20-9-11-21(44)12-10-20/h9-12,18-19,22-26,28,43-44H,7-8,13-17H2,1-6H3,(H,36,52)(H,37,48)(H,38,47)(H,39,50)(H,40,49)(H,41,51)(H,45,46)/t19-,22+,23+,24+,25+,26-,28+/m1/s1. The van der Waals surface area contributed by atoms with Gasteiger partial charge in [0.2, 0.25) is 35.4 Å². The topological polar surface area (TPSA) is 256 Å². The Morgan fingerprint density at radius 1 is 0.865 bits per heavy atom. The van der Waals surface area contributed by atoms with Crippen LogP contribution in [0, 0.1) is 5.92 Å².